The molecule has 0 fully saturated rings. The molecule has 74 heavy (non-hydrogen) atoms. The summed E-state index contributed by atoms with van der Waals surface area (Å²) in [5.74, 6) is 6.00. The fraction of sp³-hybridized carbons (Fsp3) is 0.280. The third-order valence-electron chi connectivity index (χ3n) is 10.2. The van der Waals surface area contributed by atoms with Crippen molar-refractivity contribution in [3.8, 4) is 39.5 Å². The molecule has 0 saturated carbocycles. The predicted octanol–water partition coefficient (Wildman–Crippen LogP) is 7.76. The number of thiazole rings is 2. The van der Waals surface area contributed by atoms with Crippen LogP contribution in [0.25, 0.3) is 38.8 Å². The van der Waals surface area contributed by atoms with Crippen LogP contribution in [0.15, 0.2) is 117 Å². The number of anilines is 1. The second kappa shape index (κ2) is 25.0. The maximum absolute atomic E-state index is 13.7. The molecule has 8 rings (SSSR count). The largest absolute Gasteiger partial charge is 0.444 e. The van der Waals surface area contributed by atoms with Gasteiger partial charge in [0.2, 0.25) is 10.3 Å². The first-order valence-electron chi connectivity index (χ1n) is 23.4. The summed E-state index contributed by atoms with van der Waals surface area (Å²) < 4.78 is 14.0. The minimum absolute atomic E-state index is 0.0665. The zero-order valence-electron chi connectivity index (χ0n) is 40.7. The van der Waals surface area contributed by atoms with Gasteiger partial charge in [-0.1, -0.05) is 114 Å². The van der Waals surface area contributed by atoms with E-state index in [0.717, 1.165) is 45.9 Å². The van der Waals surface area contributed by atoms with Gasteiger partial charge in [-0.05, 0) is 44.9 Å². The Morgan fingerprint density at radius 1 is 0.865 bits per heavy atom. The number of aromatic nitrogens is 9. The van der Waals surface area contributed by atoms with E-state index in [-0.39, 0.29) is 43.0 Å². The number of benzene rings is 3. The molecular weight excluding hydrogens is 1000 g/mol. The number of rotatable bonds is 21. The van der Waals surface area contributed by atoms with Crippen molar-refractivity contribution >= 4 is 80.1 Å². The molecule has 8 aromatic rings. The molecule has 5 N–H and O–H groups in total. The first-order chi connectivity index (χ1) is 35.9. The molecule has 3 aromatic carbocycles. The van der Waals surface area contributed by atoms with Crippen LogP contribution >= 0.6 is 34.4 Å². The van der Waals surface area contributed by atoms with Gasteiger partial charge in [0, 0.05) is 59.9 Å². The molecule has 0 unspecified atom stereocenters. The Hall–Kier alpha value is -8.11. The molecule has 0 saturated heterocycles. The molecule has 0 aliphatic heterocycles. The van der Waals surface area contributed by atoms with Gasteiger partial charge in [0.05, 0.1) is 37.3 Å². The van der Waals surface area contributed by atoms with Crippen molar-refractivity contribution < 1.29 is 23.9 Å². The zero-order chi connectivity index (χ0) is 51.9. The van der Waals surface area contributed by atoms with E-state index in [1.54, 1.807) is 25.5 Å². The van der Waals surface area contributed by atoms with Gasteiger partial charge in [-0.25, -0.2) is 29.4 Å². The highest BCUT2D eigenvalue weighted by Crippen LogP contribution is 2.31. The van der Waals surface area contributed by atoms with E-state index in [1.807, 2.05) is 90.3 Å². The summed E-state index contributed by atoms with van der Waals surface area (Å²) in [7, 11) is 0. The number of fused-ring (bicyclic) bond motifs is 1. The molecule has 380 valence electrons. The first-order valence-corrected chi connectivity index (χ1v) is 26.1. The van der Waals surface area contributed by atoms with Crippen LogP contribution in [0.4, 0.5) is 21.4 Å². The Balaban J connectivity index is 0.767. The van der Waals surface area contributed by atoms with Crippen molar-refractivity contribution in [1.82, 2.24) is 60.7 Å². The average Bonchev–Trinajstić information content (AvgIpc) is 4.23. The zero-order valence-corrected chi connectivity index (χ0v) is 43.2. The summed E-state index contributed by atoms with van der Waals surface area (Å²) in [5.41, 5.74) is 4.52. The average molecular weight is 1050 g/mol. The Morgan fingerprint density at radius 3 is 2.35 bits per heavy atom. The molecule has 5 aromatic heterocycles. The van der Waals surface area contributed by atoms with Crippen molar-refractivity contribution in [3.05, 3.63) is 123 Å². The van der Waals surface area contributed by atoms with Gasteiger partial charge in [-0.3, -0.25) is 19.5 Å². The van der Waals surface area contributed by atoms with Crippen molar-refractivity contribution in [2.24, 2.45) is 10.2 Å². The summed E-state index contributed by atoms with van der Waals surface area (Å²) in [6.45, 7) is 9.40. The summed E-state index contributed by atoms with van der Waals surface area (Å²) in [5, 5.41) is 35.0. The van der Waals surface area contributed by atoms with Crippen LogP contribution in [0, 0.1) is 11.8 Å². The monoisotopic (exact) mass is 1050 g/mol. The van der Waals surface area contributed by atoms with Crippen LogP contribution < -0.4 is 26.8 Å². The molecule has 5 heterocycles. The number of hydrogen-bond donors (Lipinski definition) is 5. The number of aromatic amines is 1. The maximum atomic E-state index is 13.7. The predicted molar refractivity (Wildman–Crippen MR) is 285 cm³/mol. The van der Waals surface area contributed by atoms with Crippen LogP contribution in [0.3, 0.4) is 0 Å². The quantitative estimate of drug-likeness (QED) is 0.0151. The van der Waals surface area contributed by atoms with Crippen molar-refractivity contribution in [3.63, 3.8) is 0 Å². The van der Waals surface area contributed by atoms with Gasteiger partial charge >= 0.3 is 11.7 Å². The fourth-order valence-electron chi connectivity index (χ4n) is 6.76. The summed E-state index contributed by atoms with van der Waals surface area (Å²) in [4.78, 5) is 69.8. The summed E-state index contributed by atoms with van der Waals surface area (Å²) in [6.07, 6.45) is 1.84. The SMILES string of the molecule is CCCSc1nc(NCCNC(=O)OC(C)(C)C)c2nnn(Cc3ccc(C#CC(=O)NCCOCCNC(=O)c4cnc(N=Nc5c(-c6ccccc6)[nH]n(-c6nc(-c7ccccc7)cs6)c5=O)s4)cc3)c2n1. The van der Waals surface area contributed by atoms with Gasteiger partial charge in [-0.15, -0.1) is 26.7 Å². The number of H-pyrrole nitrogens is 1. The summed E-state index contributed by atoms with van der Waals surface area (Å²) >= 11 is 3.87. The van der Waals surface area contributed by atoms with E-state index in [9.17, 15) is 19.2 Å². The van der Waals surface area contributed by atoms with Crippen LogP contribution in [-0.2, 0) is 20.8 Å². The number of amides is 3. The van der Waals surface area contributed by atoms with Gasteiger partial charge in [0.1, 0.15) is 10.5 Å². The van der Waals surface area contributed by atoms with Crippen LogP contribution in [0.2, 0.25) is 0 Å². The Morgan fingerprint density at radius 2 is 1.61 bits per heavy atom. The smallest absolute Gasteiger partial charge is 0.407 e. The number of ether oxygens (including phenoxy) is 2. The van der Waals surface area contributed by atoms with Crippen molar-refractivity contribution in [1.29, 1.82) is 0 Å². The molecule has 0 aliphatic carbocycles. The Labute approximate surface area is 437 Å². The van der Waals surface area contributed by atoms with Crippen molar-refractivity contribution in [2.75, 3.05) is 50.5 Å². The standard InChI is InChI=1S/C50H51N15O6S3/c1-5-28-72-47-57-42(52-22-23-54-49(69)71-50(2,3)4)41-43(58-47)64(63-60-41)30-33-18-16-32(17-19-33)20-21-38(66)51-24-26-70-27-25-53-44(67)37-29-55-46(74-37)61-59-40-39(35-14-10-7-11-15-35)62-65(45(40)68)48-56-36(31-73-48)34-12-8-6-9-13-34/h6-19,29,31,62H,5,22-28,30H2,1-4H3,(H,51,66)(H,53,67)(H,54,69)(H,52,57,58). The van der Waals surface area contributed by atoms with Gasteiger partial charge in [0.15, 0.2) is 27.8 Å². The first kappa shape index (κ1) is 52.2. The number of carbonyl (C=O) groups is 3. The van der Waals surface area contributed by atoms with E-state index >= 15 is 0 Å². The molecule has 0 atom stereocenters. The van der Waals surface area contributed by atoms with Gasteiger partial charge in [-0.2, -0.15) is 4.68 Å². The number of nitrogens with zero attached hydrogens (tertiary/aromatic N) is 10. The lowest BCUT2D eigenvalue weighted by Gasteiger charge is -2.19. The van der Waals surface area contributed by atoms with Crippen LogP contribution in [0.1, 0.15) is 54.9 Å². The minimum Gasteiger partial charge on any atom is -0.444 e. The molecule has 24 heteroatoms. The fourth-order valence-corrected chi connectivity index (χ4v) is 8.90. The molecule has 3 amide bonds. The number of alkyl carbamates (subject to hydrolysis) is 1. The normalized spacial score (nSPS) is 11.4. The highest BCUT2D eigenvalue weighted by molar-refractivity contribution is 7.99. The lowest BCUT2D eigenvalue weighted by molar-refractivity contribution is -0.115. The minimum atomic E-state index is -0.594. The van der Waals surface area contributed by atoms with Crippen LogP contribution in [0.5, 0.6) is 0 Å². The topological polar surface area (TPSA) is 263 Å². The molecule has 0 spiro atoms. The molecular formula is C50H51N15O6S3. The van der Waals surface area contributed by atoms with E-state index in [0.29, 0.717) is 63.0 Å². The van der Waals surface area contributed by atoms with Gasteiger partial charge < -0.3 is 30.7 Å². The van der Waals surface area contributed by atoms with Crippen molar-refractivity contribution in [2.45, 2.75) is 51.4 Å². The Bertz CT molecular complexity index is 3350. The van der Waals surface area contributed by atoms with E-state index < -0.39 is 23.2 Å². The number of nitrogens with one attached hydrogen (secondary N) is 5. The lowest BCUT2D eigenvalue weighted by Crippen LogP contribution is -2.35. The maximum Gasteiger partial charge on any atom is 0.407 e. The number of carbonyl (C=O) groups excluding carboxylic acids is 3. The third-order valence-corrected chi connectivity index (χ3v) is 12.9. The molecule has 0 bridgehead atoms. The third kappa shape index (κ3) is 14.3. The van der Waals surface area contributed by atoms with Crippen LogP contribution in [-0.4, -0.2) is 113 Å². The summed E-state index contributed by atoms with van der Waals surface area (Å²) in [6, 6.07) is 26.4. The van der Waals surface area contributed by atoms with E-state index in [1.165, 1.54) is 34.0 Å². The second-order valence-corrected chi connectivity index (χ2v) is 19.9. The highest BCUT2D eigenvalue weighted by Gasteiger charge is 2.21. The van der Waals surface area contributed by atoms with E-state index in [4.69, 9.17) is 14.5 Å². The number of azo groups is 1. The number of thioether (sulfide) groups is 1. The second-order valence-electron chi connectivity index (χ2n) is 17.0. The number of hydrogen-bond acceptors (Lipinski definition) is 18. The Kier molecular flexibility index (Phi) is 17.7. The molecule has 0 aliphatic rings. The van der Waals surface area contributed by atoms with E-state index in [2.05, 4.69) is 80.6 Å². The molecule has 0 radical (unpaired) electrons. The molecule has 21 nitrogen and oxygen atoms in total. The van der Waals surface area contributed by atoms with Gasteiger partial charge in [0.25, 0.3) is 11.8 Å². The highest BCUT2D eigenvalue weighted by atomic mass is 32.2. The lowest BCUT2D eigenvalue weighted by atomic mass is 10.1.